The lowest BCUT2D eigenvalue weighted by Crippen LogP contribution is -2.44. The normalized spacial score (nSPS) is 23.4. The van der Waals surface area contributed by atoms with Crippen molar-refractivity contribution in [2.75, 3.05) is 29.6 Å². The van der Waals surface area contributed by atoms with Crippen LogP contribution < -0.4 is 19.4 Å². The van der Waals surface area contributed by atoms with Gasteiger partial charge in [-0.3, -0.25) is 9.80 Å². The minimum Gasteiger partial charge on any atom is -0.490 e. The molecule has 224 valence electrons. The first-order valence-electron chi connectivity index (χ1n) is 12.8. The highest BCUT2D eigenvalue weighted by molar-refractivity contribution is 5.95. The molecule has 0 amide bonds. The van der Waals surface area contributed by atoms with E-state index in [1.54, 1.807) is 17.0 Å². The van der Waals surface area contributed by atoms with Gasteiger partial charge in [0, 0.05) is 37.4 Å². The molecule has 1 fully saturated rings. The van der Waals surface area contributed by atoms with Crippen LogP contribution in [0.3, 0.4) is 0 Å². The number of carboxylic acids is 1. The Bertz CT molecular complexity index is 1270. The molecule has 1 N–H and O–H groups in total. The second kappa shape index (κ2) is 11.6. The number of anilines is 2. The Morgan fingerprint density at radius 3 is 2.29 bits per heavy atom. The third-order valence-electron chi connectivity index (χ3n) is 7.09. The molecule has 0 bridgehead atoms. The third kappa shape index (κ3) is 7.33. The van der Waals surface area contributed by atoms with E-state index < -0.39 is 54.8 Å². The summed E-state index contributed by atoms with van der Waals surface area (Å²) in [5, 5.41) is 14.0. The van der Waals surface area contributed by atoms with Gasteiger partial charge in [-0.05, 0) is 36.4 Å². The number of hydrogen-bond donors (Lipinski definition) is 1. The highest BCUT2D eigenvalue weighted by atomic mass is 19.4. The zero-order valence-corrected chi connectivity index (χ0v) is 22.0. The molecule has 2 aromatic carbocycles. The zero-order chi connectivity index (χ0) is 30.1. The minimum absolute atomic E-state index is 0.102. The molecular formula is C27H28F7N3O4. The number of piperidine rings is 1. The first-order chi connectivity index (χ1) is 19.1. The fourth-order valence-corrected chi connectivity index (χ4v) is 5.04. The van der Waals surface area contributed by atoms with E-state index in [0.717, 1.165) is 17.1 Å². The van der Waals surface area contributed by atoms with E-state index in [2.05, 4.69) is 5.10 Å². The van der Waals surface area contributed by atoms with E-state index in [1.165, 1.54) is 25.1 Å². The Labute approximate surface area is 231 Å². The molecular weight excluding hydrogens is 563 g/mol. The molecule has 4 atom stereocenters. The van der Waals surface area contributed by atoms with E-state index >= 15 is 0 Å². The summed E-state index contributed by atoms with van der Waals surface area (Å²) in [6.45, 7) is 2.38. The number of carboxylic acid groups (broad SMARTS) is 1. The summed E-state index contributed by atoms with van der Waals surface area (Å²) in [7, 11) is 0. The van der Waals surface area contributed by atoms with Crippen molar-refractivity contribution in [3.63, 3.8) is 0 Å². The predicted octanol–water partition coefficient (Wildman–Crippen LogP) is 6.28. The van der Waals surface area contributed by atoms with Crippen molar-refractivity contribution in [2.45, 2.75) is 51.2 Å². The molecule has 2 aliphatic heterocycles. The van der Waals surface area contributed by atoms with Crippen LogP contribution in [0, 0.1) is 17.7 Å². The van der Waals surface area contributed by atoms with E-state index in [0.29, 0.717) is 25.3 Å². The van der Waals surface area contributed by atoms with Crippen LogP contribution >= 0.6 is 0 Å². The quantitative estimate of drug-likeness (QED) is 0.365. The van der Waals surface area contributed by atoms with Gasteiger partial charge in [0.1, 0.15) is 29.1 Å². The molecule has 2 aromatic rings. The maximum atomic E-state index is 14.5. The topological polar surface area (TPSA) is 74.6 Å². The van der Waals surface area contributed by atoms with Crippen LogP contribution in [0.25, 0.3) is 0 Å². The third-order valence-corrected chi connectivity index (χ3v) is 7.09. The Morgan fingerprint density at radius 1 is 1.05 bits per heavy atom. The second-order valence-corrected chi connectivity index (χ2v) is 10.2. The number of carbonyl (C=O) groups is 1. The van der Waals surface area contributed by atoms with Gasteiger partial charge in [0.25, 0.3) is 0 Å². The van der Waals surface area contributed by atoms with Gasteiger partial charge in [0.2, 0.25) is 0 Å². The lowest BCUT2D eigenvalue weighted by atomic mass is 9.94. The van der Waals surface area contributed by atoms with Crippen LogP contribution in [0.2, 0.25) is 0 Å². The van der Waals surface area contributed by atoms with Crippen molar-refractivity contribution in [3.8, 4) is 11.5 Å². The molecule has 0 aromatic heterocycles. The van der Waals surface area contributed by atoms with Crippen molar-refractivity contribution in [2.24, 2.45) is 16.9 Å². The van der Waals surface area contributed by atoms with Crippen molar-refractivity contribution < 1.29 is 50.1 Å². The molecule has 0 aliphatic carbocycles. The first-order valence-corrected chi connectivity index (χ1v) is 12.8. The molecule has 4 rings (SSSR count). The zero-order valence-electron chi connectivity index (χ0n) is 22.0. The standard InChI is InChI=1S/C27H28F7N3O4/c1-15-13-36(22-11-19(7-8-20(22)28)40-14-26(29,30)31)10-9-23(15)41-18-5-3-17(4-6-18)37-21(12-24(38)39)16(2)25(35-37)27(32,33)34/h3-8,11,15-16,21,23H,9-10,12-14H2,1-2H3,(H,38,39)/t15?,16-,21-,23?/m0/s1. The van der Waals surface area contributed by atoms with Crippen molar-refractivity contribution in [3.05, 3.63) is 48.3 Å². The highest BCUT2D eigenvalue weighted by Gasteiger charge is 2.48. The monoisotopic (exact) mass is 591 g/mol. The maximum absolute atomic E-state index is 14.5. The lowest BCUT2D eigenvalue weighted by molar-refractivity contribution is -0.153. The average Bonchev–Trinajstić information content (AvgIpc) is 3.20. The fourth-order valence-electron chi connectivity index (χ4n) is 5.04. The summed E-state index contributed by atoms with van der Waals surface area (Å²) in [5.74, 6) is -2.79. The smallest absolute Gasteiger partial charge is 0.431 e. The summed E-state index contributed by atoms with van der Waals surface area (Å²) in [6, 6.07) is 8.52. The van der Waals surface area contributed by atoms with E-state index in [9.17, 15) is 40.6 Å². The number of hydrogen-bond acceptors (Lipinski definition) is 6. The predicted molar refractivity (Wildman–Crippen MR) is 136 cm³/mol. The summed E-state index contributed by atoms with van der Waals surface area (Å²) in [5.41, 5.74) is -0.645. The lowest BCUT2D eigenvalue weighted by Gasteiger charge is -2.38. The van der Waals surface area contributed by atoms with Gasteiger partial charge in [0.05, 0.1) is 23.8 Å². The molecule has 41 heavy (non-hydrogen) atoms. The SMILES string of the molecule is CC1CN(c2cc(OCC(F)(F)F)ccc2F)CCC1Oc1ccc(N2N=C(C(F)(F)F)[C@@H](C)[C@@H]2CC(=O)O)cc1. The van der Waals surface area contributed by atoms with Crippen molar-refractivity contribution in [1.82, 2.24) is 0 Å². The van der Waals surface area contributed by atoms with Gasteiger partial charge in [-0.2, -0.15) is 31.4 Å². The summed E-state index contributed by atoms with van der Waals surface area (Å²) >= 11 is 0. The minimum atomic E-state index is -4.70. The van der Waals surface area contributed by atoms with Crippen LogP contribution in [0.5, 0.6) is 11.5 Å². The molecule has 0 saturated carbocycles. The van der Waals surface area contributed by atoms with Crippen molar-refractivity contribution in [1.29, 1.82) is 0 Å². The number of alkyl halides is 6. The van der Waals surface area contributed by atoms with Gasteiger partial charge >= 0.3 is 18.3 Å². The summed E-state index contributed by atoms with van der Waals surface area (Å²) in [6.07, 6.45) is -9.59. The number of benzene rings is 2. The van der Waals surface area contributed by atoms with E-state index in [-0.39, 0.29) is 29.1 Å². The van der Waals surface area contributed by atoms with Gasteiger partial charge < -0.3 is 19.5 Å². The van der Waals surface area contributed by atoms with Gasteiger partial charge in [-0.1, -0.05) is 13.8 Å². The van der Waals surface area contributed by atoms with Crippen LogP contribution in [0.15, 0.2) is 47.6 Å². The number of aliphatic carboxylic acids is 1. The number of nitrogens with zero attached hydrogens (tertiary/aromatic N) is 3. The summed E-state index contributed by atoms with van der Waals surface area (Å²) in [4.78, 5) is 13.0. The highest BCUT2D eigenvalue weighted by Crippen LogP contribution is 2.37. The molecule has 2 aliphatic rings. The Hall–Kier alpha value is -3.71. The van der Waals surface area contributed by atoms with Gasteiger partial charge in [-0.15, -0.1) is 0 Å². The molecule has 0 spiro atoms. The fraction of sp³-hybridized carbons (Fsp3) is 0.481. The largest absolute Gasteiger partial charge is 0.490 e. The number of rotatable bonds is 8. The van der Waals surface area contributed by atoms with Crippen LogP contribution in [-0.2, 0) is 4.79 Å². The Morgan fingerprint density at radius 2 is 1.71 bits per heavy atom. The molecule has 14 heteroatoms. The Kier molecular flexibility index (Phi) is 8.59. The maximum Gasteiger partial charge on any atom is 0.431 e. The van der Waals surface area contributed by atoms with Crippen LogP contribution in [-0.4, -0.2) is 61.0 Å². The van der Waals surface area contributed by atoms with Gasteiger partial charge in [-0.25, -0.2) is 4.39 Å². The molecule has 7 nitrogen and oxygen atoms in total. The van der Waals surface area contributed by atoms with Gasteiger partial charge in [0.15, 0.2) is 6.61 Å². The second-order valence-electron chi connectivity index (χ2n) is 10.2. The number of halogens is 7. The first kappa shape index (κ1) is 30.3. The van der Waals surface area contributed by atoms with E-state index in [4.69, 9.17) is 9.47 Å². The molecule has 2 unspecified atom stereocenters. The van der Waals surface area contributed by atoms with E-state index in [1.807, 2.05) is 6.92 Å². The van der Waals surface area contributed by atoms with Crippen molar-refractivity contribution >= 4 is 23.1 Å². The molecule has 0 radical (unpaired) electrons. The molecule has 1 saturated heterocycles. The average molecular weight is 592 g/mol. The number of hydrazone groups is 1. The molecule has 2 heterocycles. The Balaban J connectivity index is 1.41. The van der Waals surface area contributed by atoms with Crippen LogP contribution in [0.4, 0.5) is 42.1 Å². The number of ether oxygens (including phenoxy) is 2. The van der Waals surface area contributed by atoms with Crippen LogP contribution in [0.1, 0.15) is 26.7 Å². The summed E-state index contributed by atoms with van der Waals surface area (Å²) < 4.78 is 103.